The fourth-order valence-electron chi connectivity index (χ4n) is 3.17. The van der Waals surface area contributed by atoms with E-state index in [1.54, 1.807) is 6.07 Å². The molecule has 3 rings (SSSR count). The number of alkyl halides is 3. The molecule has 0 aliphatic heterocycles. The van der Waals surface area contributed by atoms with Crippen LogP contribution in [0.4, 0.5) is 13.2 Å². The maximum Gasteiger partial charge on any atom is 0.416 e. The fourth-order valence-corrected chi connectivity index (χ4v) is 3.17. The lowest BCUT2D eigenvalue weighted by molar-refractivity contribution is -0.137. The molecular formula is C23H19F3O. The van der Waals surface area contributed by atoms with Gasteiger partial charge < -0.3 is 0 Å². The number of hydrogen-bond acceptors (Lipinski definition) is 1. The fraction of sp³-hybridized carbons (Fsp3) is 0.174. The normalized spacial score (nSPS) is 13.2. The van der Waals surface area contributed by atoms with Crippen molar-refractivity contribution in [1.82, 2.24) is 0 Å². The molecule has 3 aromatic carbocycles. The van der Waals surface area contributed by atoms with Crippen molar-refractivity contribution in [2.75, 3.05) is 0 Å². The van der Waals surface area contributed by atoms with Gasteiger partial charge in [-0.1, -0.05) is 67.6 Å². The van der Waals surface area contributed by atoms with Gasteiger partial charge in [0.2, 0.25) is 0 Å². The van der Waals surface area contributed by atoms with E-state index < -0.39 is 11.7 Å². The van der Waals surface area contributed by atoms with Crippen LogP contribution in [0.1, 0.15) is 36.0 Å². The summed E-state index contributed by atoms with van der Waals surface area (Å²) < 4.78 is 38.3. The summed E-state index contributed by atoms with van der Waals surface area (Å²) in [5.41, 5.74) is 0.728. The van der Waals surface area contributed by atoms with Crippen molar-refractivity contribution in [3.8, 4) is 0 Å². The van der Waals surface area contributed by atoms with Crippen LogP contribution in [-0.4, -0.2) is 5.78 Å². The zero-order chi connectivity index (χ0) is 19.4. The third-order valence-corrected chi connectivity index (χ3v) is 4.54. The minimum Gasteiger partial charge on any atom is -0.295 e. The second kappa shape index (κ2) is 7.78. The molecule has 0 fully saturated rings. The van der Waals surface area contributed by atoms with E-state index in [9.17, 15) is 18.0 Å². The van der Waals surface area contributed by atoms with Crippen molar-refractivity contribution < 1.29 is 18.0 Å². The number of carbonyl (C=O) groups excluding carboxylic acids is 1. The molecule has 1 unspecified atom stereocenters. The molecule has 0 N–H and O–H groups in total. The first kappa shape index (κ1) is 18.9. The molecule has 0 radical (unpaired) electrons. The van der Waals surface area contributed by atoms with Gasteiger partial charge in [0.05, 0.1) is 5.56 Å². The summed E-state index contributed by atoms with van der Waals surface area (Å²) >= 11 is 0. The van der Waals surface area contributed by atoms with E-state index in [2.05, 4.69) is 0 Å². The Labute approximate surface area is 156 Å². The SMILES string of the molecule is CC(CC(=O)/C=C/c1cccc(C(F)(F)F)c1)c1cccc2ccccc12. The molecule has 0 heterocycles. The van der Waals surface area contributed by atoms with E-state index in [0.717, 1.165) is 28.5 Å². The van der Waals surface area contributed by atoms with E-state index >= 15 is 0 Å². The van der Waals surface area contributed by atoms with Gasteiger partial charge in [0.25, 0.3) is 0 Å². The lowest BCUT2D eigenvalue weighted by atomic mass is 9.91. The Kier molecular flexibility index (Phi) is 5.45. The number of rotatable bonds is 5. The van der Waals surface area contributed by atoms with Crippen molar-refractivity contribution >= 4 is 22.6 Å². The quantitative estimate of drug-likeness (QED) is 0.462. The highest BCUT2D eigenvalue weighted by atomic mass is 19.4. The molecule has 0 spiro atoms. The zero-order valence-corrected chi connectivity index (χ0v) is 14.8. The smallest absolute Gasteiger partial charge is 0.295 e. The summed E-state index contributed by atoms with van der Waals surface area (Å²) in [5.74, 6) is -0.109. The molecule has 4 heteroatoms. The van der Waals surface area contributed by atoms with Crippen molar-refractivity contribution in [1.29, 1.82) is 0 Å². The Balaban J connectivity index is 1.73. The molecule has 1 atom stereocenters. The van der Waals surface area contributed by atoms with Gasteiger partial charge in [-0.05, 0) is 46.0 Å². The van der Waals surface area contributed by atoms with E-state index in [-0.39, 0.29) is 11.7 Å². The molecule has 0 saturated carbocycles. The third-order valence-electron chi connectivity index (χ3n) is 4.54. The molecule has 0 aliphatic carbocycles. The molecule has 27 heavy (non-hydrogen) atoms. The van der Waals surface area contributed by atoms with E-state index in [1.165, 1.54) is 18.2 Å². The molecule has 0 bridgehead atoms. The van der Waals surface area contributed by atoms with Crippen LogP contribution in [0.2, 0.25) is 0 Å². The highest BCUT2D eigenvalue weighted by Crippen LogP contribution is 2.30. The Hall–Kier alpha value is -2.88. The van der Waals surface area contributed by atoms with E-state index in [1.807, 2.05) is 49.4 Å². The molecule has 3 aromatic rings. The van der Waals surface area contributed by atoms with Gasteiger partial charge in [0, 0.05) is 6.42 Å². The summed E-state index contributed by atoms with van der Waals surface area (Å²) in [6, 6.07) is 19.0. The number of carbonyl (C=O) groups is 1. The zero-order valence-electron chi connectivity index (χ0n) is 14.8. The number of halogens is 3. The highest BCUT2D eigenvalue weighted by molar-refractivity contribution is 5.95. The Morgan fingerprint density at radius 3 is 2.48 bits per heavy atom. The van der Waals surface area contributed by atoms with Gasteiger partial charge in [0.15, 0.2) is 5.78 Å². The van der Waals surface area contributed by atoms with Crippen LogP contribution < -0.4 is 0 Å². The van der Waals surface area contributed by atoms with Crippen molar-refractivity contribution in [2.45, 2.75) is 25.4 Å². The van der Waals surface area contributed by atoms with Crippen LogP contribution in [0.25, 0.3) is 16.8 Å². The second-order valence-corrected chi connectivity index (χ2v) is 6.60. The number of benzene rings is 3. The largest absolute Gasteiger partial charge is 0.416 e. The second-order valence-electron chi connectivity index (χ2n) is 6.60. The third kappa shape index (κ3) is 4.64. The average molecular weight is 368 g/mol. The summed E-state index contributed by atoms with van der Waals surface area (Å²) in [6.07, 6.45) is -1.30. The first-order valence-electron chi connectivity index (χ1n) is 8.70. The van der Waals surface area contributed by atoms with Gasteiger partial charge in [-0.2, -0.15) is 13.2 Å². The monoisotopic (exact) mass is 368 g/mol. The predicted molar refractivity (Wildman–Crippen MR) is 102 cm³/mol. The standard InChI is InChI=1S/C23H19F3O/c1-16(21-11-5-8-18-7-2-3-10-22(18)21)14-20(27)13-12-17-6-4-9-19(15-17)23(24,25)26/h2-13,15-16H,14H2,1H3/b13-12+. The number of ketones is 1. The molecule has 0 saturated heterocycles. The topological polar surface area (TPSA) is 17.1 Å². The van der Waals surface area contributed by atoms with E-state index in [4.69, 9.17) is 0 Å². The molecule has 0 amide bonds. The Morgan fingerprint density at radius 2 is 1.70 bits per heavy atom. The first-order valence-corrected chi connectivity index (χ1v) is 8.70. The van der Waals surface area contributed by atoms with Crippen LogP contribution in [0.15, 0.2) is 72.8 Å². The molecular weight excluding hydrogens is 349 g/mol. The summed E-state index contributed by atoms with van der Waals surface area (Å²) in [6.45, 7) is 1.98. The maximum absolute atomic E-state index is 12.8. The van der Waals surface area contributed by atoms with Crippen LogP contribution in [0.3, 0.4) is 0 Å². The van der Waals surface area contributed by atoms with Crippen molar-refractivity contribution in [3.63, 3.8) is 0 Å². The van der Waals surface area contributed by atoms with Crippen LogP contribution in [0, 0.1) is 0 Å². The minimum absolute atomic E-state index is 0.00904. The number of fused-ring (bicyclic) bond motifs is 1. The van der Waals surface area contributed by atoms with Gasteiger partial charge in [-0.15, -0.1) is 0 Å². The average Bonchev–Trinajstić information content (AvgIpc) is 2.65. The highest BCUT2D eigenvalue weighted by Gasteiger charge is 2.30. The minimum atomic E-state index is -4.39. The Bertz CT molecular complexity index is 981. The predicted octanol–water partition coefficient (Wildman–Crippen LogP) is 6.63. The number of allylic oxidation sites excluding steroid dienone is 1. The molecule has 1 nitrogen and oxygen atoms in total. The van der Waals surface area contributed by atoms with Gasteiger partial charge in [-0.3, -0.25) is 4.79 Å². The maximum atomic E-state index is 12.8. The summed E-state index contributed by atoms with van der Waals surface area (Å²) in [7, 11) is 0. The lowest BCUT2D eigenvalue weighted by Gasteiger charge is -2.13. The van der Waals surface area contributed by atoms with Crippen LogP contribution in [0.5, 0.6) is 0 Å². The number of hydrogen-bond donors (Lipinski definition) is 0. The molecule has 0 aromatic heterocycles. The lowest BCUT2D eigenvalue weighted by Crippen LogP contribution is -2.04. The van der Waals surface area contributed by atoms with Crippen LogP contribution >= 0.6 is 0 Å². The van der Waals surface area contributed by atoms with Gasteiger partial charge in [0.1, 0.15) is 0 Å². The molecule has 138 valence electrons. The van der Waals surface area contributed by atoms with E-state index in [0.29, 0.717) is 12.0 Å². The van der Waals surface area contributed by atoms with Gasteiger partial charge in [-0.25, -0.2) is 0 Å². The first-order chi connectivity index (χ1) is 12.8. The van der Waals surface area contributed by atoms with Crippen molar-refractivity contribution in [3.05, 3.63) is 89.5 Å². The Morgan fingerprint density at radius 1 is 1.00 bits per heavy atom. The molecule has 0 aliphatic rings. The van der Waals surface area contributed by atoms with Gasteiger partial charge >= 0.3 is 6.18 Å². The summed E-state index contributed by atoms with van der Waals surface area (Å²) in [5, 5.41) is 2.23. The summed E-state index contributed by atoms with van der Waals surface area (Å²) in [4.78, 5) is 12.3. The van der Waals surface area contributed by atoms with Crippen LogP contribution in [-0.2, 0) is 11.0 Å². The van der Waals surface area contributed by atoms with Crippen molar-refractivity contribution in [2.24, 2.45) is 0 Å².